The van der Waals surface area contributed by atoms with Crippen LogP contribution in [0.4, 0.5) is 0 Å². The van der Waals surface area contributed by atoms with Crippen LogP contribution in [0, 0.1) is 5.92 Å². The molecule has 3 rings (SSSR count). The zero-order chi connectivity index (χ0) is 20.3. The van der Waals surface area contributed by atoms with Crippen molar-refractivity contribution in [2.45, 2.75) is 64.6 Å². The summed E-state index contributed by atoms with van der Waals surface area (Å²) < 4.78 is 1.72. The number of aryl methyl sites for hydroxylation is 2. The number of thioether (sulfide) groups is 1. The second-order valence-electron chi connectivity index (χ2n) is 7.44. The molecule has 2 amide bonds. The van der Waals surface area contributed by atoms with Crippen LogP contribution in [0.3, 0.4) is 0 Å². The number of nitrogens with zero attached hydrogens (tertiary/aromatic N) is 2. The maximum absolute atomic E-state index is 13.3. The average molecular weight is 423 g/mol. The van der Waals surface area contributed by atoms with Crippen molar-refractivity contribution in [1.82, 2.24) is 20.4 Å². The Morgan fingerprint density at radius 1 is 1.25 bits per heavy atom. The molecule has 28 heavy (non-hydrogen) atoms. The topological polar surface area (TPSA) is 93.1 Å². The minimum atomic E-state index is -0.338. The van der Waals surface area contributed by atoms with E-state index in [0.29, 0.717) is 17.6 Å². The first kappa shape index (κ1) is 20.9. The summed E-state index contributed by atoms with van der Waals surface area (Å²) in [5, 5.41) is 1.34. The standard InChI is InChI=1S/C19H26N4O3S2/c1-11(2)8-9-23-18(26)16-13-6-4-5-7-14(13)28-17(16)20-19(23)27-10-15(25)22-21-12(3)24/h11H,4-10H2,1-3H3,(H,21,24)(H,22,25). The lowest BCUT2D eigenvalue weighted by Crippen LogP contribution is -2.41. The van der Waals surface area contributed by atoms with Crippen LogP contribution in [0.5, 0.6) is 0 Å². The molecule has 2 heterocycles. The van der Waals surface area contributed by atoms with E-state index in [4.69, 9.17) is 4.98 Å². The third-order valence-electron chi connectivity index (χ3n) is 4.68. The van der Waals surface area contributed by atoms with Crippen LogP contribution < -0.4 is 16.4 Å². The number of hydrazine groups is 1. The highest BCUT2D eigenvalue weighted by atomic mass is 32.2. The van der Waals surface area contributed by atoms with Crippen molar-refractivity contribution in [2.24, 2.45) is 5.92 Å². The van der Waals surface area contributed by atoms with Crippen molar-refractivity contribution in [3.63, 3.8) is 0 Å². The smallest absolute Gasteiger partial charge is 0.263 e. The summed E-state index contributed by atoms with van der Waals surface area (Å²) >= 11 is 2.84. The predicted molar refractivity (Wildman–Crippen MR) is 113 cm³/mol. The lowest BCUT2D eigenvalue weighted by molar-refractivity contribution is -0.126. The first-order valence-electron chi connectivity index (χ1n) is 9.60. The molecular weight excluding hydrogens is 396 g/mol. The van der Waals surface area contributed by atoms with E-state index in [9.17, 15) is 14.4 Å². The monoisotopic (exact) mass is 422 g/mol. The number of thiophene rings is 1. The zero-order valence-corrected chi connectivity index (χ0v) is 18.1. The summed E-state index contributed by atoms with van der Waals surface area (Å²) in [4.78, 5) is 43.0. The summed E-state index contributed by atoms with van der Waals surface area (Å²) in [6.45, 7) is 6.15. The molecule has 1 aliphatic rings. The summed E-state index contributed by atoms with van der Waals surface area (Å²) in [7, 11) is 0. The van der Waals surface area contributed by atoms with Crippen molar-refractivity contribution in [3.05, 3.63) is 20.8 Å². The first-order valence-corrected chi connectivity index (χ1v) is 11.4. The quantitative estimate of drug-likeness (QED) is 0.424. The molecule has 2 aromatic rings. The van der Waals surface area contributed by atoms with E-state index in [-0.39, 0.29) is 23.1 Å². The third kappa shape index (κ3) is 4.75. The van der Waals surface area contributed by atoms with Gasteiger partial charge in [0.25, 0.3) is 5.56 Å². The maximum Gasteiger partial charge on any atom is 0.263 e. The van der Waals surface area contributed by atoms with E-state index in [1.165, 1.54) is 29.1 Å². The second-order valence-corrected chi connectivity index (χ2v) is 9.47. The third-order valence-corrected chi connectivity index (χ3v) is 6.84. The van der Waals surface area contributed by atoms with Crippen molar-refractivity contribution in [2.75, 3.05) is 5.75 Å². The van der Waals surface area contributed by atoms with Crippen LogP contribution in [-0.4, -0.2) is 27.1 Å². The minimum Gasteiger partial charge on any atom is -0.287 e. The largest absolute Gasteiger partial charge is 0.287 e. The van der Waals surface area contributed by atoms with E-state index in [1.54, 1.807) is 15.9 Å². The number of hydrogen-bond donors (Lipinski definition) is 2. The number of hydrogen-bond acceptors (Lipinski definition) is 6. The number of carbonyl (C=O) groups excluding carboxylic acids is 2. The second kappa shape index (κ2) is 9.09. The minimum absolute atomic E-state index is 0.00909. The van der Waals surface area contributed by atoms with Gasteiger partial charge in [-0.3, -0.25) is 29.8 Å². The molecule has 7 nitrogen and oxygen atoms in total. The Kier molecular flexibility index (Phi) is 6.77. The van der Waals surface area contributed by atoms with E-state index < -0.39 is 0 Å². The molecule has 2 aromatic heterocycles. The zero-order valence-electron chi connectivity index (χ0n) is 16.5. The number of fused-ring (bicyclic) bond motifs is 3. The molecule has 0 saturated carbocycles. The summed E-state index contributed by atoms with van der Waals surface area (Å²) in [5.41, 5.74) is 5.80. The Morgan fingerprint density at radius 3 is 2.71 bits per heavy atom. The molecule has 0 aromatic carbocycles. The molecular formula is C19H26N4O3S2. The highest BCUT2D eigenvalue weighted by Gasteiger charge is 2.22. The Labute approximate surface area is 172 Å². The Morgan fingerprint density at radius 2 is 2.00 bits per heavy atom. The lowest BCUT2D eigenvalue weighted by Gasteiger charge is -2.14. The molecule has 0 saturated heterocycles. The highest BCUT2D eigenvalue weighted by Crippen LogP contribution is 2.34. The SMILES string of the molecule is CC(=O)NNC(=O)CSc1nc2sc3c(c2c(=O)n1CCC(C)C)CCCC3. The summed E-state index contributed by atoms with van der Waals surface area (Å²) in [5.74, 6) is -0.142. The number of nitrogens with one attached hydrogen (secondary N) is 2. The van der Waals surface area contributed by atoms with Gasteiger partial charge in [-0.15, -0.1) is 11.3 Å². The van der Waals surface area contributed by atoms with Gasteiger partial charge in [-0.25, -0.2) is 4.98 Å². The first-order chi connectivity index (χ1) is 13.4. The maximum atomic E-state index is 13.3. The van der Waals surface area contributed by atoms with Crippen LogP contribution in [0.25, 0.3) is 10.2 Å². The fourth-order valence-corrected chi connectivity index (χ4v) is 5.37. The van der Waals surface area contributed by atoms with Crippen LogP contribution in [0.2, 0.25) is 0 Å². The molecule has 0 unspecified atom stereocenters. The number of amides is 2. The van der Waals surface area contributed by atoms with Gasteiger partial charge < -0.3 is 0 Å². The molecule has 0 aliphatic heterocycles. The van der Waals surface area contributed by atoms with Crippen molar-refractivity contribution in [1.29, 1.82) is 0 Å². The fraction of sp³-hybridized carbons (Fsp3) is 0.579. The van der Waals surface area contributed by atoms with Crippen LogP contribution in [0.1, 0.15) is 50.5 Å². The Hall–Kier alpha value is -1.87. The number of rotatable bonds is 6. The summed E-state index contributed by atoms with van der Waals surface area (Å²) in [6, 6.07) is 0. The van der Waals surface area contributed by atoms with Gasteiger partial charge in [0.15, 0.2) is 5.16 Å². The van der Waals surface area contributed by atoms with Gasteiger partial charge in [0, 0.05) is 18.3 Å². The molecule has 1 aliphatic carbocycles. The highest BCUT2D eigenvalue weighted by molar-refractivity contribution is 7.99. The van der Waals surface area contributed by atoms with E-state index >= 15 is 0 Å². The van der Waals surface area contributed by atoms with Crippen molar-refractivity contribution in [3.8, 4) is 0 Å². The molecule has 0 fully saturated rings. The van der Waals surface area contributed by atoms with Crippen molar-refractivity contribution >= 4 is 45.1 Å². The van der Waals surface area contributed by atoms with Gasteiger partial charge >= 0.3 is 0 Å². The van der Waals surface area contributed by atoms with Crippen molar-refractivity contribution < 1.29 is 9.59 Å². The molecule has 152 valence electrons. The molecule has 0 atom stereocenters. The van der Waals surface area contributed by atoms with Crippen LogP contribution >= 0.6 is 23.1 Å². The molecule has 9 heteroatoms. The Balaban J connectivity index is 1.92. The normalized spacial score (nSPS) is 13.6. The van der Waals surface area contributed by atoms with Gasteiger partial charge in [0.1, 0.15) is 4.83 Å². The van der Waals surface area contributed by atoms with E-state index in [2.05, 4.69) is 24.7 Å². The molecule has 2 N–H and O–H groups in total. The van der Waals surface area contributed by atoms with E-state index in [1.807, 2.05) is 0 Å². The summed E-state index contributed by atoms with van der Waals surface area (Å²) in [6.07, 6.45) is 5.10. The molecule has 0 radical (unpaired) electrons. The number of aromatic nitrogens is 2. The lowest BCUT2D eigenvalue weighted by atomic mass is 9.97. The average Bonchev–Trinajstić information content (AvgIpc) is 3.02. The number of carbonyl (C=O) groups is 2. The van der Waals surface area contributed by atoms with Gasteiger partial charge in [-0.2, -0.15) is 0 Å². The van der Waals surface area contributed by atoms with Gasteiger partial charge in [-0.1, -0.05) is 25.6 Å². The van der Waals surface area contributed by atoms with Crippen LogP contribution in [0.15, 0.2) is 9.95 Å². The van der Waals surface area contributed by atoms with Gasteiger partial charge in [-0.05, 0) is 43.6 Å². The van der Waals surface area contributed by atoms with Crippen LogP contribution in [-0.2, 0) is 29.0 Å². The molecule has 0 spiro atoms. The van der Waals surface area contributed by atoms with Gasteiger partial charge in [0.05, 0.1) is 11.1 Å². The Bertz CT molecular complexity index is 949. The predicted octanol–water partition coefficient (Wildman–Crippen LogP) is 2.64. The fourth-order valence-electron chi connectivity index (χ4n) is 3.24. The van der Waals surface area contributed by atoms with Gasteiger partial charge in [0.2, 0.25) is 11.8 Å². The van der Waals surface area contributed by atoms with E-state index in [0.717, 1.165) is 42.3 Å². The molecule has 0 bridgehead atoms.